The number of aromatic nitrogens is 1. The second-order valence-electron chi connectivity index (χ2n) is 4.14. The minimum absolute atomic E-state index is 0.0537. The number of sulfone groups is 1. The number of rotatable bonds is 5. The topological polar surface area (TPSA) is 59.1 Å². The summed E-state index contributed by atoms with van der Waals surface area (Å²) in [7, 11) is -2.93. The van der Waals surface area contributed by atoms with E-state index in [9.17, 15) is 8.42 Å². The van der Waals surface area contributed by atoms with Gasteiger partial charge in [0.25, 0.3) is 0 Å². The Labute approximate surface area is 97.0 Å². The van der Waals surface area contributed by atoms with Crippen LogP contribution < -0.4 is 5.32 Å². The maximum Gasteiger partial charge on any atom is 0.148 e. The summed E-state index contributed by atoms with van der Waals surface area (Å²) in [5.41, 5.74) is 0.919. The van der Waals surface area contributed by atoms with Crippen LogP contribution in [0.2, 0.25) is 0 Å². The van der Waals surface area contributed by atoms with E-state index in [4.69, 9.17) is 0 Å². The lowest BCUT2D eigenvalue weighted by Gasteiger charge is -2.18. The molecule has 0 bridgehead atoms. The maximum atomic E-state index is 11.1. The first-order valence-corrected chi connectivity index (χ1v) is 7.29. The number of nitrogens with zero attached hydrogens (tertiary/aromatic N) is 1. The molecule has 1 aromatic heterocycles. The molecule has 0 aromatic carbocycles. The lowest BCUT2D eigenvalue weighted by molar-refractivity contribution is 0.493. The van der Waals surface area contributed by atoms with Gasteiger partial charge in [-0.2, -0.15) is 0 Å². The Morgan fingerprint density at radius 3 is 2.56 bits per heavy atom. The van der Waals surface area contributed by atoms with E-state index in [1.54, 1.807) is 6.20 Å². The van der Waals surface area contributed by atoms with Crippen molar-refractivity contribution in [3.8, 4) is 0 Å². The second-order valence-corrected chi connectivity index (χ2v) is 6.32. The smallest absolute Gasteiger partial charge is 0.148 e. The molecule has 1 rings (SSSR count). The predicted molar refractivity (Wildman–Crippen MR) is 65.0 cm³/mol. The molecule has 0 radical (unpaired) electrons. The van der Waals surface area contributed by atoms with Crippen molar-refractivity contribution in [1.82, 2.24) is 10.3 Å². The number of pyridine rings is 1. The standard InChI is InChI=1S/C11H18N2O2S/c1-9(8-16(3,14)15)13-10(2)11-6-4-5-7-12-11/h4-7,9-10,13H,8H2,1-3H3/t9?,10-/m1/s1. The van der Waals surface area contributed by atoms with Crippen LogP contribution in [0.4, 0.5) is 0 Å². The molecule has 0 fully saturated rings. The highest BCUT2D eigenvalue weighted by Gasteiger charge is 2.14. The summed E-state index contributed by atoms with van der Waals surface area (Å²) < 4.78 is 22.2. The SMILES string of the molecule is CC(CS(C)(=O)=O)N[C@H](C)c1ccccn1. The van der Waals surface area contributed by atoms with Crippen molar-refractivity contribution >= 4 is 9.84 Å². The van der Waals surface area contributed by atoms with E-state index in [0.717, 1.165) is 5.69 Å². The van der Waals surface area contributed by atoms with Gasteiger partial charge in [0.15, 0.2) is 0 Å². The van der Waals surface area contributed by atoms with Gasteiger partial charge in [0.2, 0.25) is 0 Å². The monoisotopic (exact) mass is 242 g/mol. The van der Waals surface area contributed by atoms with Gasteiger partial charge in [-0.25, -0.2) is 8.42 Å². The van der Waals surface area contributed by atoms with Gasteiger partial charge in [-0.05, 0) is 26.0 Å². The van der Waals surface area contributed by atoms with Crippen LogP contribution in [-0.2, 0) is 9.84 Å². The van der Waals surface area contributed by atoms with Crippen molar-refractivity contribution in [2.75, 3.05) is 12.0 Å². The first-order valence-electron chi connectivity index (χ1n) is 5.23. The Bertz CT molecular complexity index is 417. The molecule has 0 spiro atoms. The quantitative estimate of drug-likeness (QED) is 0.842. The zero-order valence-corrected chi connectivity index (χ0v) is 10.7. The van der Waals surface area contributed by atoms with Crippen LogP contribution in [0, 0.1) is 0 Å². The minimum Gasteiger partial charge on any atom is -0.305 e. The molecule has 16 heavy (non-hydrogen) atoms. The fourth-order valence-electron chi connectivity index (χ4n) is 1.65. The zero-order chi connectivity index (χ0) is 12.2. The third kappa shape index (κ3) is 4.72. The molecule has 5 heteroatoms. The van der Waals surface area contributed by atoms with Crippen LogP contribution in [0.1, 0.15) is 25.6 Å². The molecule has 1 aromatic rings. The van der Waals surface area contributed by atoms with Gasteiger partial charge in [0.1, 0.15) is 9.84 Å². The minimum atomic E-state index is -2.93. The number of hydrogen-bond acceptors (Lipinski definition) is 4. The molecule has 0 aliphatic heterocycles. The Kier molecular flexibility index (Phi) is 4.44. The summed E-state index contributed by atoms with van der Waals surface area (Å²) in [5.74, 6) is 0.143. The molecule has 2 atom stereocenters. The highest BCUT2D eigenvalue weighted by molar-refractivity contribution is 7.90. The van der Waals surface area contributed by atoms with E-state index in [2.05, 4.69) is 10.3 Å². The van der Waals surface area contributed by atoms with Gasteiger partial charge in [-0.3, -0.25) is 4.98 Å². The Morgan fingerprint density at radius 1 is 1.38 bits per heavy atom. The molecule has 4 nitrogen and oxygen atoms in total. The summed E-state index contributed by atoms with van der Waals surface area (Å²) >= 11 is 0. The number of nitrogens with one attached hydrogen (secondary N) is 1. The molecule has 0 amide bonds. The maximum absolute atomic E-state index is 11.1. The van der Waals surface area contributed by atoms with Crippen molar-refractivity contribution < 1.29 is 8.42 Å². The summed E-state index contributed by atoms with van der Waals surface area (Å²) in [5, 5.41) is 3.21. The van der Waals surface area contributed by atoms with E-state index in [0.29, 0.717) is 0 Å². The second kappa shape index (κ2) is 5.41. The fourth-order valence-corrected chi connectivity index (χ4v) is 2.65. The van der Waals surface area contributed by atoms with Crippen LogP contribution in [0.3, 0.4) is 0 Å². The van der Waals surface area contributed by atoms with Gasteiger partial charge >= 0.3 is 0 Å². The average Bonchev–Trinajstić information content (AvgIpc) is 2.16. The van der Waals surface area contributed by atoms with Crippen LogP contribution in [0.25, 0.3) is 0 Å². The molecular formula is C11H18N2O2S. The van der Waals surface area contributed by atoms with Gasteiger partial charge in [0.05, 0.1) is 11.4 Å². The molecule has 0 aliphatic rings. The van der Waals surface area contributed by atoms with Crippen LogP contribution in [0.15, 0.2) is 24.4 Å². The predicted octanol–water partition coefficient (Wildman–Crippen LogP) is 1.17. The zero-order valence-electron chi connectivity index (χ0n) is 9.84. The van der Waals surface area contributed by atoms with Crippen molar-refractivity contribution in [3.05, 3.63) is 30.1 Å². The van der Waals surface area contributed by atoms with Crippen molar-refractivity contribution in [2.45, 2.75) is 25.9 Å². The van der Waals surface area contributed by atoms with Crippen LogP contribution in [-0.4, -0.2) is 31.5 Å². The highest BCUT2D eigenvalue weighted by Crippen LogP contribution is 2.09. The Balaban J connectivity index is 2.55. The van der Waals surface area contributed by atoms with Crippen molar-refractivity contribution in [1.29, 1.82) is 0 Å². The largest absolute Gasteiger partial charge is 0.305 e. The average molecular weight is 242 g/mol. The normalized spacial score (nSPS) is 15.7. The Hall–Kier alpha value is -0.940. The van der Waals surface area contributed by atoms with E-state index in [-0.39, 0.29) is 17.8 Å². The fraction of sp³-hybridized carbons (Fsp3) is 0.545. The van der Waals surface area contributed by atoms with Crippen molar-refractivity contribution in [2.24, 2.45) is 0 Å². The van der Waals surface area contributed by atoms with Crippen molar-refractivity contribution in [3.63, 3.8) is 0 Å². The van der Waals surface area contributed by atoms with E-state index < -0.39 is 9.84 Å². The molecule has 1 heterocycles. The molecule has 1 N–H and O–H groups in total. The highest BCUT2D eigenvalue weighted by atomic mass is 32.2. The lowest BCUT2D eigenvalue weighted by atomic mass is 10.2. The molecule has 0 aliphatic carbocycles. The first-order chi connectivity index (χ1) is 7.38. The van der Waals surface area contributed by atoms with E-state index in [1.807, 2.05) is 32.0 Å². The molecule has 90 valence electrons. The third-order valence-electron chi connectivity index (χ3n) is 2.22. The lowest BCUT2D eigenvalue weighted by Crippen LogP contribution is -2.34. The Morgan fingerprint density at radius 2 is 2.06 bits per heavy atom. The van der Waals surface area contributed by atoms with Crippen LogP contribution in [0.5, 0.6) is 0 Å². The van der Waals surface area contributed by atoms with Gasteiger partial charge in [-0.1, -0.05) is 6.07 Å². The summed E-state index contributed by atoms with van der Waals surface area (Å²) in [4.78, 5) is 4.22. The van der Waals surface area contributed by atoms with Gasteiger partial charge in [-0.15, -0.1) is 0 Å². The molecule has 0 saturated carbocycles. The molecule has 0 saturated heterocycles. The summed E-state index contributed by atoms with van der Waals surface area (Å²) in [6.45, 7) is 3.83. The summed E-state index contributed by atoms with van der Waals surface area (Å²) in [6.07, 6.45) is 2.98. The van der Waals surface area contributed by atoms with E-state index in [1.165, 1.54) is 6.26 Å². The number of hydrogen-bond donors (Lipinski definition) is 1. The summed E-state index contributed by atoms with van der Waals surface area (Å²) in [6, 6.07) is 5.67. The molecular weight excluding hydrogens is 224 g/mol. The van der Waals surface area contributed by atoms with Gasteiger partial charge in [0, 0.05) is 24.5 Å². The van der Waals surface area contributed by atoms with Crippen LogP contribution >= 0.6 is 0 Å². The first kappa shape index (κ1) is 13.1. The van der Waals surface area contributed by atoms with Gasteiger partial charge < -0.3 is 5.32 Å². The van der Waals surface area contributed by atoms with E-state index >= 15 is 0 Å². The molecule has 1 unspecified atom stereocenters. The third-order valence-corrected chi connectivity index (χ3v) is 3.32.